The lowest BCUT2D eigenvalue weighted by Crippen LogP contribution is -2.14. The average molecular weight is 398 g/mol. The molecule has 1 amide bonds. The fraction of sp³-hybridized carbons (Fsp3) is 0.190. The first-order chi connectivity index (χ1) is 13.3. The summed E-state index contributed by atoms with van der Waals surface area (Å²) in [6, 6.07) is 9.13. The van der Waals surface area contributed by atoms with Crippen LogP contribution in [0.5, 0.6) is 0 Å². The van der Waals surface area contributed by atoms with Crippen LogP contribution in [0.25, 0.3) is 22.0 Å². The Bertz CT molecular complexity index is 1180. The highest BCUT2D eigenvalue weighted by atomic mass is 32.2. The number of carbonyl (C=O) groups is 1. The zero-order chi connectivity index (χ0) is 20.6. The Labute approximate surface area is 165 Å². The van der Waals surface area contributed by atoms with Crippen molar-refractivity contribution >= 4 is 33.4 Å². The Balaban J connectivity index is 2.34. The molecule has 0 saturated heterocycles. The van der Waals surface area contributed by atoms with Crippen molar-refractivity contribution in [2.45, 2.75) is 27.7 Å². The van der Waals surface area contributed by atoms with Gasteiger partial charge in [0.05, 0.1) is 16.8 Å². The van der Waals surface area contributed by atoms with E-state index < -0.39 is 16.8 Å². The van der Waals surface area contributed by atoms with Crippen molar-refractivity contribution in [2.75, 3.05) is 4.31 Å². The van der Waals surface area contributed by atoms with Crippen LogP contribution < -0.4 is 10.0 Å². The molecule has 0 spiro atoms. The van der Waals surface area contributed by atoms with E-state index in [0.29, 0.717) is 16.8 Å². The Morgan fingerprint density at radius 2 is 1.79 bits per heavy atom. The third kappa shape index (κ3) is 3.18. The van der Waals surface area contributed by atoms with Gasteiger partial charge in [0.2, 0.25) is 10.9 Å². The molecule has 0 saturated carbocycles. The topological polar surface area (TPSA) is 96.3 Å². The maximum Gasteiger partial charge on any atom is 0.250 e. The Hall–Kier alpha value is -3.06. The van der Waals surface area contributed by atoms with Crippen molar-refractivity contribution in [1.29, 1.82) is 0 Å². The number of fused-ring (bicyclic) bond motifs is 1. The van der Waals surface area contributed by atoms with Crippen molar-refractivity contribution < 1.29 is 13.2 Å². The summed E-state index contributed by atoms with van der Waals surface area (Å²) in [6.45, 7) is 7.59. The van der Waals surface area contributed by atoms with Gasteiger partial charge in [0.1, 0.15) is 0 Å². The van der Waals surface area contributed by atoms with Crippen molar-refractivity contribution in [3.05, 3.63) is 65.0 Å². The number of carbonyl (C=O) groups excluding carboxylic acids is 1. The number of anilines is 1. The fourth-order valence-corrected chi connectivity index (χ4v) is 4.18. The lowest BCUT2D eigenvalue weighted by molar-refractivity contribution is 0.100. The summed E-state index contributed by atoms with van der Waals surface area (Å²) in [5, 5.41) is 0.915. The quantitative estimate of drug-likeness (QED) is 0.573. The highest BCUT2D eigenvalue weighted by molar-refractivity contribution is 7.74. The van der Waals surface area contributed by atoms with E-state index in [4.69, 9.17) is 5.73 Å². The molecule has 1 heterocycles. The van der Waals surface area contributed by atoms with Gasteiger partial charge in [0.15, 0.2) is 0 Å². The standard InChI is InChI=1S/C21H23N3O3S/c1-5-11-24(28(26)27)18-8-6-7-15(13(18)3)16-9-10-17(21(22)25)20-19(16)12(2)14(4)23-20/h5-11,23,28H,1-4H3,(H2,22,25). The van der Waals surface area contributed by atoms with Crippen LogP contribution in [0.3, 0.4) is 0 Å². The summed E-state index contributed by atoms with van der Waals surface area (Å²) >= 11 is 0. The fourth-order valence-electron chi connectivity index (χ4n) is 3.55. The number of thiol groups is 1. The van der Waals surface area contributed by atoms with E-state index in [1.165, 1.54) is 10.5 Å². The number of benzene rings is 2. The second-order valence-electron chi connectivity index (χ2n) is 6.66. The van der Waals surface area contributed by atoms with E-state index >= 15 is 0 Å². The maximum absolute atomic E-state index is 11.9. The molecule has 6 nitrogen and oxygen atoms in total. The Morgan fingerprint density at radius 3 is 2.39 bits per heavy atom. The number of nitrogens with two attached hydrogens (primary N) is 1. The Kier molecular flexibility index (Phi) is 5.29. The van der Waals surface area contributed by atoms with Crippen LogP contribution in [0.1, 0.15) is 34.1 Å². The summed E-state index contributed by atoms with van der Waals surface area (Å²) in [7, 11) is -2.81. The highest BCUT2D eigenvalue weighted by Gasteiger charge is 2.19. The molecule has 0 unspecified atom stereocenters. The number of hydrogen-bond acceptors (Lipinski definition) is 3. The molecule has 7 heteroatoms. The van der Waals surface area contributed by atoms with Crippen LogP contribution in [0.2, 0.25) is 0 Å². The smallest absolute Gasteiger partial charge is 0.250 e. The molecule has 0 bridgehead atoms. The summed E-state index contributed by atoms with van der Waals surface area (Å²) in [6.07, 6.45) is 3.20. The molecule has 1 aromatic heterocycles. The van der Waals surface area contributed by atoms with Gasteiger partial charge < -0.3 is 10.7 Å². The van der Waals surface area contributed by atoms with Crippen molar-refractivity contribution in [3.63, 3.8) is 0 Å². The van der Waals surface area contributed by atoms with Gasteiger partial charge in [-0.15, -0.1) is 0 Å². The zero-order valence-electron chi connectivity index (χ0n) is 16.2. The first-order valence-electron chi connectivity index (χ1n) is 8.86. The van der Waals surface area contributed by atoms with E-state index in [9.17, 15) is 13.2 Å². The Morgan fingerprint density at radius 1 is 1.07 bits per heavy atom. The van der Waals surface area contributed by atoms with Crippen LogP contribution in [-0.2, 0) is 10.9 Å². The van der Waals surface area contributed by atoms with E-state index in [1.54, 1.807) is 25.1 Å². The number of nitrogens with one attached hydrogen (secondary N) is 1. The third-order valence-electron chi connectivity index (χ3n) is 5.03. The van der Waals surface area contributed by atoms with Crippen LogP contribution in [-0.4, -0.2) is 19.3 Å². The molecule has 3 rings (SSSR count). The number of aryl methyl sites for hydroxylation is 2. The van der Waals surface area contributed by atoms with Gasteiger partial charge in [-0.05, 0) is 62.1 Å². The minimum Gasteiger partial charge on any atom is -0.366 e. The number of amides is 1. The van der Waals surface area contributed by atoms with E-state index in [2.05, 4.69) is 4.98 Å². The summed E-state index contributed by atoms with van der Waals surface area (Å²) in [4.78, 5) is 15.1. The number of nitrogens with zero attached hydrogens (tertiary/aromatic N) is 1. The predicted octanol–water partition coefficient (Wildman–Crippen LogP) is 3.73. The molecule has 2 aromatic carbocycles. The average Bonchev–Trinajstić information content (AvgIpc) is 2.94. The predicted molar refractivity (Wildman–Crippen MR) is 114 cm³/mol. The number of rotatable bonds is 5. The van der Waals surface area contributed by atoms with Gasteiger partial charge in [-0.2, -0.15) is 0 Å². The molecule has 3 aromatic rings. The zero-order valence-corrected chi connectivity index (χ0v) is 17.1. The number of allylic oxidation sites excluding steroid dienone is 1. The molecule has 0 aliphatic rings. The molecule has 0 aliphatic carbocycles. The van der Waals surface area contributed by atoms with Crippen LogP contribution >= 0.6 is 0 Å². The number of aromatic nitrogens is 1. The van der Waals surface area contributed by atoms with Gasteiger partial charge in [0, 0.05) is 17.3 Å². The van der Waals surface area contributed by atoms with Gasteiger partial charge in [-0.25, -0.2) is 12.7 Å². The summed E-state index contributed by atoms with van der Waals surface area (Å²) in [5.41, 5.74) is 11.9. The van der Waals surface area contributed by atoms with E-state index in [-0.39, 0.29) is 0 Å². The first-order valence-corrected chi connectivity index (χ1v) is 9.99. The second kappa shape index (κ2) is 7.52. The van der Waals surface area contributed by atoms with Gasteiger partial charge in [-0.1, -0.05) is 24.3 Å². The molecular weight excluding hydrogens is 374 g/mol. The third-order valence-corrected chi connectivity index (χ3v) is 5.73. The molecule has 0 fully saturated rings. The molecular formula is C21H23N3O3S. The van der Waals surface area contributed by atoms with Crippen LogP contribution in [0.4, 0.5) is 5.69 Å². The first kappa shape index (κ1) is 19.7. The molecule has 28 heavy (non-hydrogen) atoms. The van der Waals surface area contributed by atoms with Crippen molar-refractivity contribution in [2.24, 2.45) is 5.73 Å². The van der Waals surface area contributed by atoms with Crippen molar-refractivity contribution in [1.82, 2.24) is 4.98 Å². The summed E-state index contributed by atoms with van der Waals surface area (Å²) < 4.78 is 24.7. The highest BCUT2D eigenvalue weighted by Crippen LogP contribution is 2.38. The monoisotopic (exact) mass is 397 g/mol. The lowest BCUT2D eigenvalue weighted by atomic mass is 9.93. The lowest BCUT2D eigenvalue weighted by Gasteiger charge is -2.19. The van der Waals surface area contributed by atoms with Gasteiger partial charge >= 0.3 is 0 Å². The number of hydrogen-bond donors (Lipinski definition) is 3. The van der Waals surface area contributed by atoms with Crippen molar-refractivity contribution in [3.8, 4) is 11.1 Å². The van der Waals surface area contributed by atoms with E-state index in [0.717, 1.165) is 33.3 Å². The molecule has 0 radical (unpaired) electrons. The SMILES string of the molecule is CC=CN(c1cccc(-c2ccc(C(N)=O)c3[nH]c(C)c(C)c23)c1C)[SH](=O)=O. The summed E-state index contributed by atoms with van der Waals surface area (Å²) in [5.74, 6) is -0.495. The van der Waals surface area contributed by atoms with Gasteiger partial charge in [0.25, 0.3) is 5.91 Å². The van der Waals surface area contributed by atoms with Gasteiger partial charge in [-0.3, -0.25) is 4.79 Å². The number of H-pyrrole nitrogens is 1. The molecule has 0 atom stereocenters. The van der Waals surface area contributed by atoms with E-state index in [1.807, 2.05) is 39.0 Å². The number of primary amides is 1. The normalized spacial score (nSPS) is 11.6. The van der Waals surface area contributed by atoms with Crippen LogP contribution in [0, 0.1) is 20.8 Å². The number of aromatic amines is 1. The second-order valence-corrected chi connectivity index (χ2v) is 7.57. The molecule has 146 valence electrons. The molecule has 3 N–H and O–H groups in total. The molecule has 0 aliphatic heterocycles. The van der Waals surface area contributed by atoms with Crippen LogP contribution in [0.15, 0.2) is 42.6 Å². The maximum atomic E-state index is 11.9. The minimum absolute atomic E-state index is 0.432. The minimum atomic E-state index is -2.81. The largest absolute Gasteiger partial charge is 0.366 e.